The molecule has 15 heavy (non-hydrogen) atoms. The van der Waals surface area contributed by atoms with Crippen LogP contribution in [0.25, 0.3) is 0 Å². The predicted molar refractivity (Wildman–Crippen MR) is 55.8 cm³/mol. The molecule has 0 unspecified atom stereocenters. The van der Waals surface area contributed by atoms with Crippen molar-refractivity contribution in [2.45, 2.75) is 6.92 Å². The molecule has 0 saturated heterocycles. The second-order valence-corrected chi connectivity index (χ2v) is 3.58. The van der Waals surface area contributed by atoms with Gasteiger partial charge >= 0.3 is 11.9 Å². The molecular formula is C9H10BrNO4. The minimum atomic E-state index is -0.489. The van der Waals surface area contributed by atoms with Crippen molar-refractivity contribution in [3.8, 4) is 5.75 Å². The molecule has 0 fully saturated rings. The van der Waals surface area contributed by atoms with Gasteiger partial charge in [-0.3, -0.25) is 4.79 Å². The van der Waals surface area contributed by atoms with E-state index in [2.05, 4.69) is 20.7 Å². The van der Waals surface area contributed by atoms with Crippen LogP contribution < -0.4 is 4.74 Å². The molecule has 0 bridgehead atoms. The summed E-state index contributed by atoms with van der Waals surface area (Å²) in [6.45, 7) is 1.29. The highest BCUT2D eigenvalue weighted by molar-refractivity contribution is 9.10. The number of ether oxygens (including phenoxy) is 2. The number of carbonyl (C=O) groups excluding carboxylic acids is 2. The van der Waals surface area contributed by atoms with Crippen LogP contribution in [0.2, 0.25) is 0 Å². The maximum Gasteiger partial charge on any atom is 0.354 e. The fourth-order valence-corrected chi connectivity index (χ4v) is 1.46. The Labute approximate surface area is 95.1 Å². The van der Waals surface area contributed by atoms with Crippen LogP contribution in [0.3, 0.4) is 0 Å². The zero-order chi connectivity index (χ0) is 11.6. The summed E-state index contributed by atoms with van der Waals surface area (Å²) in [5.74, 6) is -0.639. The smallest absolute Gasteiger partial charge is 0.354 e. The lowest BCUT2D eigenvalue weighted by Crippen LogP contribution is -2.07. The van der Waals surface area contributed by atoms with E-state index in [4.69, 9.17) is 4.74 Å². The molecule has 0 spiro atoms. The van der Waals surface area contributed by atoms with Crippen LogP contribution >= 0.6 is 15.9 Å². The summed E-state index contributed by atoms with van der Waals surface area (Å²) in [6.07, 6.45) is 0. The average Bonchev–Trinajstić information content (AvgIpc) is 2.44. The van der Waals surface area contributed by atoms with E-state index in [0.717, 1.165) is 0 Å². The van der Waals surface area contributed by atoms with E-state index in [1.165, 1.54) is 24.7 Å². The molecule has 0 aliphatic heterocycles. The first-order valence-corrected chi connectivity index (χ1v) is 4.88. The molecule has 1 rings (SSSR count). The Morgan fingerprint density at radius 1 is 1.47 bits per heavy atom. The summed E-state index contributed by atoms with van der Waals surface area (Å²) in [7, 11) is 2.94. The first-order valence-electron chi connectivity index (χ1n) is 4.09. The number of carbonyl (C=O) groups is 2. The highest BCUT2D eigenvalue weighted by Crippen LogP contribution is 2.28. The highest BCUT2D eigenvalue weighted by Gasteiger charge is 2.18. The summed E-state index contributed by atoms with van der Waals surface area (Å²) < 4.78 is 11.5. The van der Waals surface area contributed by atoms with Crippen LogP contribution in [0.4, 0.5) is 0 Å². The fourth-order valence-electron chi connectivity index (χ4n) is 1.08. The van der Waals surface area contributed by atoms with Gasteiger partial charge in [-0.2, -0.15) is 0 Å². The molecular weight excluding hydrogens is 266 g/mol. The number of nitrogens with zero attached hydrogens (tertiary/aromatic N) is 1. The van der Waals surface area contributed by atoms with Crippen molar-refractivity contribution < 1.29 is 19.1 Å². The van der Waals surface area contributed by atoms with Gasteiger partial charge in [0.05, 0.1) is 7.11 Å². The van der Waals surface area contributed by atoms with Crippen molar-refractivity contribution in [1.29, 1.82) is 0 Å². The Bertz CT molecular complexity index is 410. The molecule has 0 radical (unpaired) electrons. The lowest BCUT2D eigenvalue weighted by Gasteiger charge is -2.01. The van der Waals surface area contributed by atoms with E-state index in [9.17, 15) is 9.59 Å². The average molecular weight is 276 g/mol. The van der Waals surface area contributed by atoms with E-state index in [-0.39, 0.29) is 0 Å². The normalized spacial score (nSPS) is 9.87. The molecule has 0 N–H and O–H groups in total. The van der Waals surface area contributed by atoms with Gasteiger partial charge in [0.25, 0.3) is 0 Å². The van der Waals surface area contributed by atoms with Crippen molar-refractivity contribution in [1.82, 2.24) is 4.57 Å². The molecule has 1 aromatic rings. The third-order valence-electron chi connectivity index (χ3n) is 1.78. The van der Waals surface area contributed by atoms with Gasteiger partial charge in [-0.1, -0.05) is 0 Å². The number of hydrogen-bond acceptors (Lipinski definition) is 4. The summed E-state index contributed by atoms with van der Waals surface area (Å²) in [6, 6.07) is 1.44. The van der Waals surface area contributed by atoms with Crippen molar-refractivity contribution in [3.63, 3.8) is 0 Å². The van der Waals surface area contributed by atoms with Gasteiger partial charge in [-0.05, 0) is 15.9 Å². The van der Waals surface area contributed by atoms with Crippen LogP contribution in [-0.4, -0.2) is 23.6 Å². The SMILES string of the molecule is COC(=O)c1cc(OC(C)=O)c(Br)n1C. The van der Waals surface area contributed by atoms with Gasteiger partial charge in [-0.15, -0.1) is 0 Å². The van der Waals surface area contributed by atoms with E-state index < -0.39 is 11.9 Å². The molecule has 0 aromatic carbocycles. The molecule has 0 saturated carbocycles. The lowest BCUT2D eigenvalue weighted by atomic mass is 10.4. The summed E-state index contributed by atoms with van der Waals surface area (Å²) >= 11 is 3.20. The van der Waals surface area contributed by atoms with Gasteiger partial charge in [0.15, 0.2) is 5.75 Å². The third-order valence-corrected chi connectivity index (χ3v) is 2.70. The molecule has 0 aliphatic carbocycles. The number of aromatic nitrogens is 1. The molecule has 6 heteroatoms. The third kappa shape index (κ3) is 2.38. The van der Waals surface area contributed by atoms with E-state index >= 15 is 0 Å². The highest BCUT2D eigenvalue weighted by atomic mass is 79.9. The Kier molecular flexibility index (Phi) is 3.52. The summed E-state index contributed by atoms with van der Waals surface area (Å²) in [4.78, 5) is 22.0. The van der Waals surface area contributed by atoms with Gasteiger partial charge in [0, 0.05) is 20.0 Å². The Balaban J connectivity index is 3.12. The number of hydrogen-bond donors (Lipinski definition) is 0. The van der Waals surface area contributed by atoms with Gasteiger partial charge in [-0.25, -0.2) is 4.79 Å². The number of halogens is 1. The second-order valence-electron chi connectivity index (χ2n) is 2.83. The first kappa shape index (κ1) is 11.8. The predicted octanol–water partition coefficient (Wildman–Crippen LogP) is 1.50. The van der Waals surface area contributed by atoms with E-state index in [1.54, 1.807) is 7.05 Å². The fraction of sp³-hybridized carbons (Fsp3) is 0.333. The Morgan fingerprint density at radius 2 is 2.07 bits per heavy atom. The quantitative estimate of drug-likeness (QED) is 0.768. The number of esters is 2. The summed E-state index contributed by atoms with van der Waals surface area (Å²) in [5.41, 5.74) is 0.306. The van der Waals surface area contributed by atoms with Crippen molar-refractivity contribution in [2.24, 2.45) is 7.05 Å². The largest absolute Gasteiger partial charge is 0.464 e. The van der Waals surface area contributed by atoms with Gasteiger partial charge < -0.3 is 14.0 Å². The Hall–Kier alpha value is -1.30. The van der Waals surface area contributed by atoms with Crippen molar-refractivity contribution in [2.75, 3.05) is 7.11 Å². The molecule has 1 heterocycles. The van der Waals surface area contributed by atoms with Crippen LogP contribution in [0.1, 0.15) is 17.4 Å². The summed E-state index contributed by atoms with van der Waals surface area (Å²) in [5, 5.41) is 0. The molecule has 5 nitrogen and oxygen atoms in total. The molecule has 1 aromatic heterocycles. The standard InChI is InChI=1S/C9H10BrNO4/c1-5(12)15-7-4-6(9(13)14-3)11(2)8(7)10/h4H,1-3H3. The molecule has 0 aliphatic rings. The molecule has 0 amide bonds. The maximum atomic E-state index is 11.3. The van der Waals surface area contributed by atoms with Gasteiger partial charge in [0.2, 0.25) is 0 Å². The first-order chi connectivity index (χ1) is 6.97. The maximum absolute atomic E-state index is 11.3. The molecule has 82 valence electrons. The van der Waals surface area contributed by atoms with E-state index in [1.807, 2.05) is 0 Å². The number of rotatable bonds is 2. The van der Waals surface area contributed by atoms with Gasteiger partial charge in [0.1, 0.15) is 10.3 Å². The zero-order valence-electron chi connectivity index (χ0n) is 8.54. The monoisotopic (exact) mass is 275 g/mol. The van der Waals surface area contributed by atoms with Crippen molar-refractivity contribution >= 4 is 27.9 Å². The lowest BCUT2D eigenvalue weighted by molar-refractivity contribution is -0.131. The van der Waals surface area contributed by atoms with Crippen molar-refractivity contribution in [3.05, 3.63) is 16.4 Å². The minimum Gasteiger partial charge on any atom is -0.464 e. The zero-order valence-corrected chi connectivity index (χ0v) is 10.1. The molecule has 0 atom stereocenters. The number of methoxy groups -OCH3 is 1. The van der Waals surface area contributed by atoms with Crippen LogP contribution in [0.15, 0.2) is 10.7 Å². The van der Waals surface area contributed by atoms with Crippen LogP contribution in [0.5, 0.6) is 5.75 Å². The Morgan fingerprint density at radius 3 is 2.53 bits per heavy atom. The van der Waals surface area contributed by atoms with Crippen LogP contribution in [-0.2, 0) is 16.6 Å². The topological polar surface area (TPSA) is 57.5 Å². The van der Waals surface area contributed by atoms with Crippen LogP contribution in [0, 0.1) is 0 Å². The minimum absolute atomic E-state index is 0.297. The van der Waals surface area contributed by atoms with E-state index in [0.29, 0.717) is 16.0 Å². The second kappa shape index (κ2) is 4.48.